The van der Waals surface area contributed by atoms with E-state index in [0.29, 0.717) is 80.1 Å². The monoisotopic (exact) mass is 1070 g/mol. The number of ketones is 1. The highest BCUT2D eigenvalue weighted by Gasteiger charge is 2.68. The molecule has 2 fully saturated rings. The number of Topliss-reactive ketones (excluding diaryl/α,β-unsaturated/α-hetero) is 1. The minimum Gasteiger partial charge on any atom is -0.508 e. The first kappa shape index (κ1) is 57.3. The van der Waals surface area contributed by atoms with Crippen LogP contribution in [0.25, 0.3) is 0 Å². The predicted molar refractivity (Wildman–Crippen MR) is 308 cm³/mol. The molecule has 0 radical (unpaired) electrons. The van der Waals surface area contributed by atoms with Crippen LogP contribution >= 0.6 is 0 Å². The number of phenolic OH excluding ortho intramolecular Hbond substituents is 1. The van der Waals surface area contributed by atoms with E-state index in [9.17, 15) is 30.3 Å². The number of fused-ring (bicyclic) bond motifs is 6. The zero-order valence-electron chi connectivity index (χ0n) is 46.0. The average Bonchev–Trinajstić information content (AvgIpc) is 3.97. The van der Waals surface area contributed by atoms with Crippen LogP contribution in [0, 0.1) is 34.5 Å². The largest absolute Gasteiger partial charge is 0.508 e. The van der Waals surface area contributed by atoms with E-state index in [0.717, 1.165) is 51.8 Å². The third kappa shape index (κ3) is 12.1. The molecular formula is C65H80N6O8. The SMILES string of the molecule is C=C1/C=C2\C=C[C@@]3(CC[C@@]4([C@@H]5CC[C@@H](O)Cc6cccc(c6)C[C@@H]([C@H](CN=C(N)N)c6ccc(O)cc6)[C@@H](O)CN[C@@H]6C(=O)N[C@H](N)c7cccc(c76)CC(=O)/C(C)=C/5CC[C@@]4(C)O)[C@@H]3O)C(=C2)COCC#CC/C(C)=C/CC1. The lowest BCUT2D eigenvalue weighted by Crippen LogP contribution is -2.61. The Morgan fingerprint density at radius 1 is 0.949 bits per heavy atom. The van der Waals surface area contributed by atoms with Gasteiger partial charge in [0.15, 0.2) is 11.7 Å². The average molecular weight is 1070 g/mol. The molecule has 2 saturated carbocycles. The van der Waals surface area contributed by atoms with Crippen molar-refractivity contribution in [2.45, 2.75) is 140 Å². The van der Waals surface area contributed by atoms with Crippen LogP contribution < -0.4 is 27.8 Å². The van der Waals surface area contributed by atoms with Crippen LogP contribution in [-0.4, -0.2) is 93.4 Å². The van der Waals surface area contributed by atoms with Gasteiger partial charge in [-0.05, 0) is 159 Å². The number of aliphatic hydroxyl groups excluding tert-OH is 3. The highest BCUT2D eigenvalue weighted by molar-refractivity contribution is 5.98. The zero-order chi connectivity index (χ0) is 56.2. The van der Waals surface area contributed by atoms with Crippen molar-refractivity contribution < 1.29 is 39.9 Å². The number of aliphatic imine (C=N–C) groups is 1. The molecule has 14 nitrogen and oxygen atoms in total. The van der Waals surface area contributed by atoms with Crippen LogP contribution in [0.15, 0.2) is 142 Å². The van der Waals surface area contributed by atoms with Gasteiger partial charge in [-0.25, -0.2) is 0 Å². The van der Waals surface area contributed by atoms with Gasteiger partial charge in [0.05, 0.1) is 30.5 Å². The van der Waals surface area contributed by atoms with Crippen LogP contribution in [0.4, 0.5) is 0 Å². The summed E-state index contributed by atoms with van der Waals surface area (Å²) in [7, 11) is 0. The number of nitrogens with one attached hydrogen (secondary N) is 2. The number of amides is 1. The molecule has 79 heavy (non-hydrogen) atoms. The summed E-state index contributed by atoms with van der Waals surface area (Å²) in [5, 5.41) is 67.9. The Hall–Kier alpha value is -6.41. The topological polar surface area (TPSA) is 259 Å². The minimum absolute atomic E-state index is 0.0538. The molecule has 0 aromatic heterocycles. The zero-order valence-corrected chi connectivity index (χ0v) is 46.0. The van der Waals surface area contributed by atoms with Crippen LogP contribution in [0.1, 0.15) is 130 Å². The van der Waals surface area contributed by atoms with E-state index in [1.54, 1.807) is 24.3 Å². The lowest BCUT2D eigenvalue weighted by Gasteiger charge is -2.57. The second-order valence-electron chi connectivity index (χ2n) is 23.4. The molecule has 2 spiro atoms. The van der Waals surface area contributed by atoms with Crippen molar-refractivity contribution in [3.05, 3.63) is 171 Å². The Morgan fingerprint density at radius 2 is 1.71 bits per heavy atom. The van der Waals surface area contributed by atoms with Gasteiger partial charge in [-0.1, -0.05) is 120 Å². The van der Waals surface area contributed by atoms with E-state index in [1.807, 2.05) is 56.3 Å². The Bertz CT molecular complexity index is 3060. The Kier molecular flexibility index (Phi) is 17.5. The van der Waals surface area contributed by atoms with Crippen molar-refractivity contribution >= 4 is 17.6 Å². The van der Waals surface area contributed by atoms with Gasteiger partial charge in [0.25, 0.3) is 0 Å². The van der Waals surface area contributed by atoms with E-state index in [2.05, 4.69) is 71.3 Å². The van der Waals surface area contributed by atoms with Crippen molar-refractivity contribution in [2.75, 3.05) is 26.3 Å². The molecule has 3 aliphatic heterocycles. The molecule has 3 aliphatic carbocycles. The normalized spacial score (nSPS) is 33.6. The molecule has 14 heteroatoms. The number of aromatic hydroxyl groups is 1. The summed E-state index contributed by atoms with van der Waals surface area (Å²) in [6.45, 7) is 10.6. The number of phenols is 1. The number of hydrogen-bond donors (Lipinski definition) is 10. The Labute approximate surface area is 465 Å². The lowest BCUT2D eigenvalue weighted by molar-refractivity contribution is -0.174. The van der Waals surface area contributed by atoms with Gasteiger partial charge in [-0.3, -0.25) is 19.9 Å². The summed E-state index contributed by atoms with van der Waals surface area (Å²) in [6, 6.07) is 19.2. The smallest absolute Gasteiger partial charge is 0.243 e. The molecule has 3 aromatic carbocycles. The van der Waals surface area contributed by atoms with Crippen molar-refractivity contribution in [3.63, 3.8) is 0 Å². The van der Waals surface area contributed by atoms with Gasteiger partial charge in [0.2, 0.25) is 5.91 Å². The van der Waals surface area contributed by atoms with Gasteiger partial charge in [-0.15, -0.1) is 0 Å². The van der Waals surface area contributed by atoms with Crippen molar-refractivity contribution in [1.29, 1.82) is 0 Å². The molecule has 9 rings (SSSR count). The van der Waals surface area contributed by atoms with E-state index < -0.39 is 70.6 Å². The number of carbonyl (C=O) groups excluding carboxylic acids is 2. The van der Waals surface area contributed by atoms with E-state index in [4.69, 9.17) is 21.9 Å². The molecule has 1 amide bonds. The van der Waals surface area contributed by atoms with Crippen LogP contribution in [0.3, 0.4) is 0 Å². The fraction of sp³-hybridized carbons (Fsp3) is 0.462. The first-order valence-corrected chi connectivity index (χ1v) is 28.1. The summed E-state index contributed by atoms with van der Waals surface area (Å²) < 4.78 is 6.31. The Morgan fingerprint density at radius 3 is 2.48 bits per heavy atom. The lowest BCUT2D eigenvalue weighted by atomic mass is 9.51. The van der Waals surface area contributed by atoms with Gasteiger partial charge >= 0.3 is 0 Å². The van der Waals surface area contributed by atoms with Crippen LogP contribution in [0.2, 0.25) is 0 Å². The fourth-order valence-electron chi connectivity index (χ4n) is 14.1. The minimum atomic E-state index is -1.39. The molecule has 0 unspecified atom stereocenters. The molecule has 0 saturated heterocycles. The van der Waals surface area contributed by atoms with Gasteiger partial charge < -0.3 is 52.8 Å². The molecular weight excluding hydrogens is 993 g/mol. The fourth-order valence-corrected chi connectivity index (χ4v) is 14.1. The quantitative estimate of drug-likeness (QED) is 0.0553. The first-order valence-electron chi connectivity index (χ1n) is 28.1. The number of ether oxygens (including phenoxy) is 1. The molecule has 4 bridgehead atoms. The van der Waals surface area contributed by atoms with Gasteiger partial charge in [0.1, 0.15) is 24.6 Å². The van der Waals surface area contributed by atoms with Crippen molar-refractivity contribution in [2.24, 2.45) is 44.9 Å². The number of nitrogens with zero attached hydrogens (tertiary/aromatic N) is 1. The first-order chi connectivity index (χ1) is 37.8. The standard InChI is InChI=1S/C65H80N6O8/c1-39-10-5-6-29-79-38-47-32-44(30-40(2)12-7-11-39)23-26-64(47)27-28-65(61(64)77)54-22-21-49(73)33-42-13-8-14-43(31-42)34-52(53(36-70-62(67)68)45-17-19-48(72)20-18-45)56(75)37-69-58-57-46(15-9-16-51(57)59(66)71-60(58)76)35-55(74)41(3)50(54)24-25-63(65,4)78/h8-9,11,13-20,23,26,30-32,49,52-54,56,58-59,61,69,72-73,75,77-78H,2,7,10,12,21-22,24-25,27-29,33-38,66H2,1,3-4H3,(H,71,76)(H4,67,68,70)/b39-11+,44-30+,50-41+/t49-,52+,53-,54-,56+,58+,59+,61-,63-,64-,65-/m1/s1. The summed E-state index contributed by atoms with van der Waals surface area (Å²) in [4.78, 5) is 33.9. The van der Waals surface area contributed by atoms with Crippen LogP contribution in [-0.2, 0) is 33.6 Å². The second kappa shape index (κ2) is 24.1. The summed E-state index contributed by atoms with van der Waals surface area (Å²) in [5.74, 6) is 4.24. The van der Waals surface area contributed by atoms with Crippen molar-refractivity contribution in [1.82, 2.24) is 10.6 Å². The second-order valence-corrected chi connectivity index (χ2v) is 23.4. The number of nitrogens with two attached hydrogens (primary N) is 3. The third-order valence-electron chi connectivity index (χ3n) is 18.3. The third-order valence-corrected chi connectivity index (χ3v) is 18.3. The predicted octanol–water partition coefficient (Wildman–Crippen LogP) is 6.93. The number of benzene rings is 3. The molecule has 11 atom stereocenters. The number of rotatable bonds is 4. The van der Waals surface area contributed by atoms with Crippen molar-refractivity contribution in [3.8, 4) is 17.6 Å². The number of hydrogen-bond acceptors (Lipinski definition) is 11. The number of β-amino-alcohol motifs (C(OH)–C–C–N with tert-alkyl or cyclic N) is 1. The highest BCUT2D eigenvalue weighted by atomic mass is 16.5. The Balaban J connectivity index is 1.13. The summed E-state index contributed by atoms with van der Waals surface area (Å²) >= 11 is 0. The van der Waals surface area contributed by atoms with E-state index in [-0.39, 0.29) is 50.2 Å². The van der Waals surface area contributed by atoms with Gasteiger partial charge in [-0.2, -0.15) is 0 Å². The molecule has 6 aliphatic rings. The molecule has 3 heterocycles. The number of aliphatic hydroxyl groups is 4. The number of carbonyl (C=O) groups is 2. The summed E-state index contributed by atoms with van der Waals surface area (Å²) in [5.41, 5.74) is 24.7. The molecule has 3 aromatic rings. The number of allylic oxidation sites excluding steroid dienone is 9. The maximum Gasteiger partial charge on any atom is 0.243 e. The maximum atomic E-state index is 15.2. The van der Waals surface area contributed by atoms with E-state index >= 15 is 4.79 Å². The molecule has 418 valence electrons. The molecule has 13 N–H and O–H groups in total. The van der Waals surface area contributed by atoms with Gasteiger partial charge in [0, 0.05) is 42.7 Å². The number of guanidine groups is 1. The van der Waals surface area contributed by atoms with Crippen LogP contribution in [0.5, 0.6) is 5.75 Å². The maximum absolute atomic E-state index is 15.2. The summed E-state index contributed by atoms with van der Waals surface area (Å²) in [6.07, 6.45) is 11.8. The highest BCUT2D eigenvalue weighted by Crippen LogP contribution is 2.67. The van der Waals surface area contributed by atoms with E-state index in [1.165, 1.54) is 5.57 Å².